The molecule has 19 heavy (non-hydrogen) atoms. The highest BCUT2D eigenvalue weighted by Crippen LogP contribution is 2.18. The lowest BCUT2D eigenvalue weighted by Crippen LogP contribution is -2.28. The molecule has 0 bridgehead atoms. The molecule has 0 spiro atoms. The van der Waals surface area contributed by atoms with Gasteiger partial charge in [-0.15, -0.1) is 0 Å². The van der Waals surface area contributed by atoms with E-state index in [9.17, 15) is 4.79 Å². The maximum atomic E-state index is 11.7. The third-order valence-electron chi connectivity index (χ3n) is 3.27. The van der Waals surface area contributed by atoms with Crippen molar-refractivity contribution in [3.63, 3.8) is 0 Å². The molecule has 0 fully saturated rings. The largest absolute Gasteiger partial charge is 0.361 e. The van der Waals surface area contributed by atoms with Gasteiger partial charge in [-0.3, -0.25) is 4.79 Å². The third kappa shape index (κ3) is 3.14. The van der Waals surface area contributed by atoms with Crippen LogP contribution in [-0.2, 0) is 11.2 Å². The summed E-state index contributed by atoms with van der Waals surface area (Å²) in [6, 6.07) is 10.1. The molecule has 0 saturated heterocycles. The Bertz CT molecular complexity index is 609. The first-order valence-electron chi connectivity index (χ1n) is 6.38. The summed E-state index contributed by atoms with van der Waals surface area (Å²) >= 11 is 0. The molecule has 0 radical (unpaired) electrons. The summed E-state index contributed by atoms with van der Waals surface area (Å²) in [6.45, 7) is 0.673. The second-order valence-corrected chi connectivity index (χ2v) is 4.58. The van der Waals surface area contributed by atoms with Crippen LogP contribution in [0.4, 0.5) is 0 Å². The van der Waals surface area contributed by atoms with Crippen molar-refractivity contribution >= 4 is 16.8 Å². The van der Waals surface area contributed by atoms with Crippen molar-refractivity contribution in [2.45, 2.75) is 19.3 Å². The predicted octanol–water partition coefficient (Wildman–Crippen LogP) is 2.47. The summed E-state index contributed by atoms with van der Waals surface area (Å²) in [4.78, 5) is 16.6. The molecule has 1 aromatic carbocycles. The molecule has 1 aromatic heterocycles. The number of hydrogen-bond acceptors (Lipinski definition) is 2. The van der Waals surface area contributed by atoms with Crippen molar-refractivity contribution < 1.29 is 4.79 Å². The van der Waals surface area contributed by atoms with Crippen LogP contribution < -0.4 is 0 Å². The van der Waals surface area contributed by atoms with Gasteiger partial charge in [0.05, 0.1) is 6.07 Å². The number of nitrogens with one attached hydrogen (secondary N) is 1. The fraction of sp³-hybridized carbons (Fsp3) is 0.333. The lowest BCUT2D eigenvalue weighted by Gasteiger charge is -2.16. The van der Waals surface area contributed by atoms with E-state index in [1.807, 2.05) is 30.5 Å². The molecule has 1 N–H and O–H groups in total. The van der Waals surface area contributed by atoms with Gasteiger partial charge in [0.15, 0.2) is 0 Å². The van der Waals surface area contributed by atoms with Gasteiger partial charge < -0.3 is 9.88 Å². The van der Waals surface area contributed by atoms with Crippen LogP contribution in [0.3, 0.4) is 0 Å². The number of nitrogens with zero attached hydrogens (tertiary/aromatic N) is 2. The van der Waals surface area contributed by atoms with E-state index in [0.717, 1.165) is 11.9 Å². The van der Waals surface area contributed by atoms with Crippen molar-refractivity contribution in [1.82, 2.24) is 9.88 Å². The molecule has 98 valence electrons. The predicted molar refractivity (Wildman–Crippen MR) is 74.5 cm³/mol. The summed E-state index contributed by atoms with van der Waals surface area (Å²) in [7, 11) is 1.79. The maximum absolute atomic E-state index is 11.7. The molecule has 2 rings (SSSR count). The van der Waals surface area contributed by atoms with E-state index in [1.54, 1.807) is 11.9 Å². The second kappa shape index (κ2) is 6.05. The van der Waals surface area contributed by atoms with Gasteiger partial charge in [-0.05, 0) is 18.1 Å². The SMILES string of the molecule is CN(CCc1c[nH]c2ccccc12)C(=O)CCC#N. The molecule has 0 saturated carbocycles. The summed E-state index contributed by atoms with van der Waals surface area (Å²) in [5, 5.41) is 9.68. The number of rotatable bonds is 5. The van der Waals surface area contributed by atoms with Gasteiger partial charge in [0, 0.05) is 43.5 Å². The van der Waals surface area contributed by atoms with Crippen molar-refractivity contribution in [3.05, 3.63) is 36.0 Å². The standard InChI is InChI=1S/C15H17N3O/c1-18(15(19)7-4-9-16)10-8-12-11-17-14-6-3-2-5-13(12)14/h2-3,5-6,11,17H,4,7-8,10H2,1H3. The number of aromatic amines is 1. The van der Waals surface area contributed by atoms with Crippen molar-refractivity contribution in [3.8, 4) is 6.07 Å². The minimum atomic E-state index is 0.0291. The van der Waals surface area contributed by atoms with Crippen LogP contribution in [0.15, 0.2) is 30.5 Å². The van der Waals surface area contributed by atoms with E-state index in [0.29, 0.717) is 13.0 Å². The lowest BCUT2D eigenvalue weighted by molar-refractivity contribution is -0.129. The summed E-state index contributed by atoms with van der Waals surface area (Å²) in [6.07, 6.45) is 3.41. The number of likely N-dealkylation sites (N-methyl/N-ethyl adjacent to an activating group) is 1. The molecule has 4 nitrogen and oxygen atoms in total. The van der Waals surface area contributed by atoms with Crippen LogP contribution >= 0.6 is 0 Å². The van der Waals surface area contributed by atoms with Gasteiger partial charge in [-0.2, -0.15) is 5.26 Å². The van der Waals surface area contributed by atoms with Crippen molar-refractivity contribution in [2.24, 2.45) is 0 Å². The highest BCUT2D eigenvalue weighted by atomic mass is 16.2. The number of carbonyl (C=O) groups is 1. The molecular weight excluding hydrogens is 238 g/mol. The Kier molecular flexibility index (Phi) is 4.19. The van der Waals surface area contributed by atoms with Crippen molar-refractivity contribution in [2.75, 3.05) is 13.6 Å². The minimum Gasteiger partial charge on any atom is -0.361 e. The van der Waals surface area contributed by atoms with Gasteiger partial charge in [0.25, 0.3) is 0 Å². The molecule has 0 aliphatic heterocycles. The van der Waals surface area contributed by atoms with Crippen LogP contribution in [0.2, 0.25) is 0 Å². The fourth-order valence-electron chi connectivity index (χ4n) is 2.11. The Morgan fingerprint density at radius 3 is 3.00 bits per heavy atom. The zero-order valence-corrected chi connectivity index (χ0v) is 11.0. The van der Waals surface area contributed by atoms with Gasteiger partial charge in [0.1, 0.15) is 0 Å². The van der Waals surface area contributed by atoms with Gasteiger partial charge in [0.2, 0.25) is 5.91 Å². The molecule has 2 aromatic rings. The van der Waals surface area contributed by atoms with Crippen LogP contribution in [0.25, 0.3) is 10.9 Å². The van der Waals surface area contributed by atoms with Gasteiger partial charge in [-0.25, -0.2) is 0 Å². The number of nitriles is 1. The van der Waals surface area contributed by atoms with E-state index in [2.05, 4.69) is 11.1 Å². The van der Waals surface area contributed by atoms with Gasteiger partial charge in [-0.1, -0.05) is 18.2 Å². The number of carbonyl (C=O) groups excluding carboxylic acids is 1. The lowest BCUT2D eigenvalue weighted by atomic mass is 10.1. The minimum absolute atomic E-state index is 0.0291. The number of fused-ring (bicyclic) bond motifs is 1. The molecule has 4 heteroatoms. The average Bonchev–Trinajstić information content (AvgIpc) is 2.85. The Labute approximate surface area is 112 Å². The Morgan fingerprint density at radius 2 is 2.21 bits per heavy atom. The highest BCUT2D eigenvalue weighted by molar-refractivity contribution is 5.83. The maximum Gasteiger partial charge on any atom is 0.223 e. The number of H-pyrrole nitrogens is 1. The average molecular weight is 255 g/mol. The molecular formula is C15H17N3O. The van der Waals surface area contributed by atoms with E-state index in [1.165, 1.54) is 10.9 Å². The number of aromatic nitrogens is 1. The van der Waals surface area contributed by atoms with Crippen LogP contribution in [-0.4, -0.2) is 29.4 Å². The Balaban J connectivity index is 1.95. The smallest absolute Gasteiger partial charge is 0.223 e. The first kappa shape index (κ1) is 13.2. The van der Waals surface area contributed by atoms with Crippen LogP contribution in [0, 0.1) is 11.3 Å². The fourth-order valence-corrected chi connectivity index (χ4v) is 2.11. The summed E-state index contributed by atoms with van der Waals surface area (Å²) < 4.78 is 0. The van der Waals surface area contributed by atoms with E-state index in [4.69, 9.17) is 5.26 Å². The van der Waals surface area contributed by atoms with Crippen molar-refractivity contribution in [1.29, 1.82) is 5.26 Å². The first-order valence-corrected chi connectivity index (χ1v) is 6.38. The Morgan fingerprint density at radius 1 is 1.42 bits per heavy atom. The quantitative estimate of drug-likeness (QED) is 0.892. The molecule has 0 aliphatic rings. The van der Waals surface area contributed by atoms with E-state index in [-0.39, 0.29) is 12.3 Å². The van der Waals surface area contributed by atoms with Gasteiger partial charge >= 0.3 is 0 Å². The van der Waals surface area contributed by atoms with Crippen LogP contribution in [0.1, 0.15) is 18.4 Å². The van der Waals surface area contributed by atoms with E-state index >= 15 is 0 Å². The zero-order valence-electron chi connectivity index (χ0n) is 11.0. The number of para-hydroxylation sites is 1. The molecule has 1 amide bonds. The van der Waals surface area contributed by atoms with E-state index < -0.39 is 0 Å². The number of benzene rings is 1. The topological polar surface area (TPSA) is 59.9 Å². The Hall–Kier alpha value is -2.28. The summed E-state index contributed by atoms with van der Waals surface area (Å²) in [5.74, 6) is 0.0291. The summed E-state index contributed by atoms with van der Waals surface area (Å²) in [5.41, 5.74) is 2.34. The normalized spacial score (nSPS) is 10.3. The highest BCUT2D eigenvalue weighted by Gasteiger charge is 2.09. The number of hydrogen-bond donors (Lipinski definition) is 1. The monoisotopic (exact) mass is 255 g/mol. The second-order valence-electron chi connectivity index (χ2n) is 4.58. The number of amides is 1. The third-order valence-corrected chi connectivity index (χ3v) is 3.27. The zero-order chi connectivity index (χ0) is 13.7. The van der Waals surface area contributed by atoms with Crippen LogP contribution in [0.5, 0.6) is 0 Å². The first-order chi connectivity index (χ1) is 9.22. The molecule has 0 aliphatic carbocycles. The molecule has 1 heterocycles. The molecule has 0 atom stereocenters. The molecule has 0 unspecified atom stereocenters.